The topological polar surface area (TPSA) is 76.9 Å². The third-order valence-corrected chi connectivity index (χ3v) is 5.82. The number of aromatic nitrogens is 4. The first-order valence-electron chi connectivity index (χ1n) is 10.4. The molecule has 10 heteroatoms. The van der Waals surface area contributed by atoms with E-state index in [4.69, 9.17) is 4.74 Å². The maximum absolute atomic E-state index is 13.3. The van der Waals surface area contributed by atoms with Gasteiger partial charge in [-0.05, 0) is 54.1 Å². The molecule has 0 radical (unpaired) electrons. The first-order valence-corrected chi connectivity index (χ1v) is 10.4. The van der Waals surface area contributed by atoms with Crippen LogP contribution in [0.1, 0.15) is 42.3 Å². The minimum Gasteiger partial charge on any atom is -0.496 e. The van der Waals surface area contributed by atoms with Crippen LogP contribution in [0.4, 0.5) is 13.2 Å². The third-order valence-electron chi connectivity index (χ3n) is 5.82. The van der Waals surface area contributed by atoms with E-state index in [0.717, 1.165) is 25.1 Å². The van der Waals surface area contributed by atoms with Gasteiger partial charge >= 0.3 is 6.18 Å². The zero-order valence-electron chi connectivity index (χ0n) is 17.8. The Morgan fingerprint density at radius 3 is 2.69 bits per heavy atom. The van der Waals surface area contributed by atoms with Gasteiger partial charge in [0.1, 0.15) is 5.75 Å². The second-order valence-electron chi connectivity index (χ2n) is 7.84. The van der Waals surface area contributed by atoms with Crippen LogP contribution in [0.25, 0.3) is 5.69 Å². The van der Waals surface area contributed by atoms with Crippen LogP contribution in [0.5, 0.6) is 5.75 Å². The molecule has 0 amide bonds. The number of halogens is 3. The highest BCUT2D eigenvalue weighted by Crippen LogP contribution is 2.33. The van der Waals surface area contributed by atoms with Crippen LogP contribution in [0.3, 0.4) is 0 Å². The Kier molecular flexibility index (Phi) is 6.43. The van der Waals surface area contributed by atoms with Crippen molar-refractivity contribution in [3.05, 3.63) is 65.5 Å². The van der Waals surface area contributed by atoms with Gasteiger partial charge in [0.15, 0.2) is 0 Å². The van der Waals surface area contributed by atoms with Crippen molar-refractivity contribution in [3.8, 4) is 11.4 Å². The van der Waals surface area contributed by atoms with Gasteiger partial charge in [0.25, 0.3) is 5.82 Å². The van der Waals surface area contributed by atoms with Gasteiger partial charge in [-0.15, -0.1) is 5.10 Å². The minimum absolute atomic E-state index is 0.176. The normalized spacial score (nSPS) is 20.2. The molecule has 1 aliphatic rings. The predicted octanol–water partition coefficient (Wildman–Crippen LogP) is 3.49. The van der Waals surface area contributed by atoms with Crippen molar-refractivity contribution in [1.82, 2.24) is 30.8 Å². The summed E-state index contributed by atoms with van der Waals surface area (Å²) in [6.07, 6.45) is -3.73. The van der Waals surface area contributed by atoms with E-state index in [0.29, 0.717) is 10.4 Å². The van der Waals surface area contributed by atoms with Crippen LogP contribution in [0.2, 0.25) is 0 Å². The zero-order valence-corrected chi connectivity index (χ0v) is 17.8. The molecule has 1 saturated heterocycles. The summed E-state index contributed by atoms with van der Waals surface area (Å²) in [5.74, 6) is -0.310. The molecule has 0 spiro atoms. The lowest BCUT2D eigenvalue weighted by molar-refractivity contribution is -0.146. The van der Waals surface area contributed by atoms with Crippen LogP contribution < -0.4 is 15.4 Å². The number of alkyl halides is 3. The van der Waals surface area contributed by atoms with E-state index in [-0.39, 0.29) is 23.7 Å². The number of benzene rings is 2. The fourth-order valence-electron chi connectivity index (χ4n) is 4.25. The lowest BCUT2D eigenvalue weighted by Gasteiger charge is -2.35. The Balaban J connectivity index is 1.62. The Hall–Kier alpha value is -2.98. The highest BCUT2D eigenvalue weighted by atomic mass is 19.4. The third kappa shape index (κ3) is 4.61. The van der Waals surface area contributed by atoms with Gasteiger partial charge in [-0.3, -0.25) is 0 Å². The molecule has 0 saturated carbocycles. The second kappa shape index (κ2) is 9.25. The quantitative estimate of drug-likeness (QED) is 0.604. The summed E-state index contributed by atoms with van der Waals surface area (Å²) < 4.78 is 46.0. The molecule has 2 N–H and O–H groups in total. The molecule has 0 unspecified atom stereocenters. The molecule has 4 rings (SSSR count). The van der Waals surface area contributed by atoms with E-state index in [1.807, 2.05) is 25.1 Å². The summed E-state index contributed by atoms with van der Waals surface area (Å²) in [6, 6.07) is 15.1. The van der Waals surface area contributed by atoms with Crippen LogP contribution in [0, 0.1) is 0 Å². The van der Waals surface area contributed by atoms with E-state index in [2.05, 4.69) is 38.3 Å². The zero-order chi connectivity index (χ0) is 22.7. The minimum atomic E-state index is -4.66. The van der Waals surface area contributed by atoms with E-state index < -0.39 is 12.0 Å². The highest BCUT2D eigenvalue weighted by molar-refractivity contribution is 5.46. The molecule has 2 heterocycles. The molecule has 0 bridgehead atoms. The molecule has 2 aromatic carbocycles. The van der Waals surface area contributed by atoms with Crippen molar-refractivity contribution in [2.45, 2.75) is 37.5 Å². The fourth-order valence-corrected chi connectivity index (χ4v) is 4.25. The first kappa shape index (κ1) is 22.2. The van der Waals surface area contributed by atoms with Gasteiger partial charge in [-0.25, -0.2) is 0 Å². The SMILES string of the molecule is COc1ccc(-n2nnnc2C(F)(F)F)cc1[C@H](C)N[C@H]1CCNC[C@H]1c1ccccc1. The van der Waals surface area contributed by atoms with E-state index in [1.165, 1.54) is 11.6 Å². The van der Waals surface area contributed by atoms with Crippen LogP contribution in [-0.2, 0) is 6.18 Å². The lowest BCUT2D eigenvalue weighted by Crippen LogP contribution is -2.46. The number of hydrogen-bond donors (Lipinski definition) is 2. The number of rotatable bonds is 6. The summed E-state index contributed by atoms with van der Waals surface area (Å²) in [5, 5.41) is 17.0. The van der Waals surface area contributed by atoms with Crippen molar-refractivity contribution >= 4 is 0 Å². The smallest absolute Gasteiger partial charge is 0.453 e. The molecule has 7 nitrogen and oxygen atoms in total. The Morgan fingerprint density at radius 2 is 1.97 bits per heavy atom. The Labute approximate surface area is 184 Å². The molecule has 32 heavy (non-hydrogen) atoms. The summed E-state index contributed by atoms with van der Waals surface area (Å²) in [7, 11) is 1.54. The summed E-state index contributed by atoms with van der Waals surface area (Å²) >= 11 is 0. The van der Waals surface area contributed by atoms with Crippen molar-refractivity contribution < 1.29 is 17.9 Å². The van der Waals surface area contributed by atoms with Crippen LogP contribution in [-0.4, -0.2) is 46.4 Å². The van der Waals surface area contributed by atoms with Gasteiger partial charge < -0.3 is 15.4 Å². The Bertz CT molecular complexity index is 1040. The maximum Gasteiger partial charge on any atom is 0.453 e. The molecule has 170 valence electrons. The summed E-state index contributed by atoms with van der Waals surface area (Å²) in [4.78, 5) is 0. The van der Waals surface area contributed by atoms with Crippen molar-refractivity contribution in [2.75, 3.05) is 20.2 Å². The molecule has 3 atom stereocenters. The summed E-state index contributed by atoms with van der Waals surface area (Å²) in [6.45, 7) is 3.73. The number of nitrogens with one attached hydrogen (secondary N) is 2. The number of nitrogens with zero attached hydrogens (tertiary/aromatic N) is 4. The summed E-state index contributed by atoms with van der Waals surface area (Å²) in [5.41, 5.74) is 2.20. The van der Waals surface area contributed by atoms with Gasteiger partial charge in [-0.2, -0.15) is 17.9 Å². The van der Waals surface area contributed by atoms with Crippen LogP contribution >= 0.6 is 0 Å². The highest BCUT2D eigenvalue weighted by Gasteiger charge is 2.38. The van der Waals surface area contributed by atoms with Crippen molar-refractivity contribution in [2.24, 2.45) is 0 Å². The second-order valence-corrected chi connectivity index (χ2v) is 7.84. The predicted molar refractivity (Wildman–Crippen MR) is 113 cm³/mol. The van der Waals surface area contributed by atoms with E-state index in [1.54, 1.807) is 19.2 Å². The van der Waals surface area contributed by atoms with Crippen molar-refractivity contribution in [1.29, 1.82) is 0 Å². The molecule has 3 aromatic rings. The standard InChI is InChI=1S/C22H25F3N6O/c1-14(27-19-10-11-26-13-18(19)15-6-4-3-5-7-15)17-12-16(8-9-20(17)32-2)31-21(22(23,24)25)28-29-30-31/h3-9,12,14,18-19,26-27H,10-11,13H2,1-2H3/t14-,18-,19-/m0/s1. The van der Waals surface area contributed by atoms with Crippen molar-refractivity contribution in [3.63, 3.8) is 0 Å². The fraction of sp³-hybridized carbons (Fsp3) is 0.409. The van der Waals surface area contributed by atoms with Gasteiger partial charge in [-0.1, -0.05) is 30.3 Å². The average molecular weight is 446 g/mol. The molecule has 1 aliphatic heterocycles. The van der Waals surface area contributed by atoms with E-state index in [9.17, 15) is 13.2 Å². The largest absolute Gasteiger partial charge is 0.496 e. The number of ether oxygens (including phenoxy) is 1. The monoisotopic (exact) mass is 446 g/mol. The van der Waals surface area contributed by atoms with Gasteiger partial charge in [0, 0.05) is 30.1 Å². The van der Waals surface area contributed by atoms with Gasteiger partial charge in [0.2, 0.25) is 0 Å². The maximum atomic E-state index is 13.3. The lowest BCUT2D eigenvalue weighted by atomic mass is 9.86. The molecule has 1 aromatic heterocycles. The van der Waals surface area contributed by atoms with E-state index >= 15 is 0 Å². The van der Waals surface area contributed by atoms with Crippen LogP contribution in [0.15, 0.2) is 48.5 Å². The number of methoxy groups -OCH3 is 1. The molecular formula is C22H25F3N6O. The first-order chi connectivity index (χ1) is 15.4. The molecular weight excluding hydrogens is 421 g/mol. The van der Waals surface area contributed by atoms with Gasteiger partial charge in [0.05, 0.1) is 12.8 Å². The number of tetrazole rings is 1. The molecule has 1 fully saturated rings. The molecule has 0 aliphatic carbocycles. The Morgan fingerprint density at radius 1 is 1.19 bits per heavy atom. The number of hydrogen-bond acceptors (Lipinski definition) is 6. The number of piperidine rings is 1. The average Bonchev–Trinajstić information content (AvgIpc) is 3.30.